The lowest BCUT2D eigenvalue weighted by Gasteiger charge is -2.11. The molecule has 22 heavy (non-hydrogen) atoms. The predicted octanol–water partition coefficient (Wildman–Crippen LogP) is 2.22. The third-order valence-corrected chi connectivity index (χ3v) is 3.66. The molecule has 0 bridgehead atoms. The highest BCUT2D eigenvalue weighted by atomic mass is 16.4. The summed E-state index contributed by atoms with van der Waals surface area (Å²) in [6.07, 6.45) is 2.34. The second-order valence-corrected chi connectivity index (χ2v) is 5.50. The summed E-state index contributed by atoms with van der Waals surface area (Å²) < 4.78 is 0. The second-order valence-electron chi connectivity index (χ2n) is 5.50. The van der Waals surface area contributed by atoms with Crippen LogP contribution in [0.25, 0.3) is 0 Å². The molecule has 0 aromatic heterocycles. The molecule has 2 unspecified atom stereocenters. The van der Waals surface area contributed by atoms with Gasteiger partial charge in [0.05, 0.1) is 5.92 Å². The van der Waals surface area contributed by atoms with Crippen molar-refractivity contribution in [1.82, 2.24) is 0 Å². The first-order chi connectivity index (χ1) is 10.4. The Balaban J connectivity index is 2.71. The van der Waals surface area contributed by atoms with Crippen LogP contribution in [0, 0.1) is 5.92 Å². The minimum Gasteiger partial charge on any atom is -0.480 e. The van der Waals surface area contributed by atoms with E-state index in [1.807, 2.05) is 6.92 Å². The van der Waals surface area contributed by atoms with Gasteiger partial charge in [-0.1, -0.05) is 37.6 Å². The summed E-state index contributed by atoms with van der Waals surface area (Å²) in [4.78, 5) is 34.9. The number of aliphatic carboxylic acids is 1. The number of carboxylic acids is 1. The summed E-state index contributed by atoms with van der Waals surface area (Å²) in [6.45, 7) is 3.63. The maximum absolute atomic E-state index is 12.3. The van der Waals surface area contributed by atoms with Crippen LogP contribution in [0.4, 0.5) is 0 Å². The van der Waals surface area contributed by atoms with Crippen molar-refractivity contribution in [2.24, 2.45) is 11.7 Å². The number of rotatable bonds is 9. The van der Waals surface area contributed by atoms with Crippen LogP contribution < -0.4 is 5.73 Å². The molecule has 0 aliphatic heterocycles. The van der Waals surface area contributed by atoms with Crippen molar-refractivity contribution in [3.05, 3.63) is 35.4 Å². The van der Waals surface area contributed by atoms with Gasteiger partial charge in [0, 0.05) is 12.0 Å². The van der Waals surface area contributed by atoms with Crippen LogP contribution in [-0.2, 0) is 16.0 Å². The molecule has 0 aliphatic rings. The van der Waals surface area contributed by atoms with Gasteiger partial charge >= 0.3 is 5.97 Å². The SMILES string of the molecule is CCCCC(=O)C(C)C(=O)c1ccc(CC(N)C(=O)O)cc1. The van der Waals surface area contributed by atoms with E-state index in [0.717, 1.165) is 18.4 Å². The van der Waals surface area contributed by atoms with Crippen molar-refractivity contribution >= 4 is 17.5 Å². The Morgan fingerprint density at radius 1 is 1.18 bits per heavy atom. The smallest absolute Gasteiger partial charge is 0.320 e. The molecular weight excluding hydrogens is 282 g/mol. The first-order valence-corrected chi connectivity index (χ1v) is 7.51. The van der Waals surface area contributed by atoms with E-state index < -0.39 is 17.9 Å². The Morgan fingerprint density at radius 3 is 2.27 bits per heavy atom. The molecule has 2 atom stereocenters. The molecule has 1 rings (SSSR count). The molecule has 120 valence electrons. The fraction of sp³-hybridized carbons (Fsp3) is 0.471. The fourth-order valence-corrected chi connectivity index (χ4v) is 2.11. The molecule has 5 nitrogen and oxygen atoms in total. The number of carbonyl (C=O) groups is 3. The summed E-state index contributed by atoms with van der Waals surface area (Å²) in [5.41, 5.74) is 6.68. The zero-order valence-electron chi connectivity index (χ0n) is 13.0. The van der Waals surface area contributed by atoms with Crippen LogP contribution in [0.5, 0.6) is 0 Å². The van der Waals surface area contributed by atoms with E-state index in [1.54, 1.807) is 31.2 Å². The zero-order valence-corrected chi connectivity index (χ0v) is 13.0. The highest BCUT2D eigenvalue weighted by molar-refractivity contribution is 6.10. The van der Waals surface area contributed by atoms with Crippen molar-refractivity contribution < 1.29 is 19.5 Å². The first-order valence-electron chi connectivity index (χ1n) is 7.51. The summed E-state index contributed by atoms with van der Waals surface area (Å²) in [5, 5.41) is 8.77. The Labute approximate surface area is 130 Å². The molecular formula is C17H23NO4. The first kappa shape index (κ1) is 18.0. The monoisotopic (exact) mass is 305 g/mol. The molecule has 0 saturated carbocycles. The fourth-order valence-electron chi connectivity index (χ4n) is 2.11. The van der Waals surface area contributed by atoms with E-state index in [9.17, 15) is 14.4 Å². The van der Waals surface area contributed by atoms with E-state index >= 15 is 0 Å². The van der Waals surface area contributed by atoms with Gasteiger partial charge in [0.1, 0.15) is 11.8 Å². The highest BCUT2D eigenvalue weighted by Gasteiger charge is 2.22. The van der Waals surface area contributed by atoms with Gasteiger partial charge in [-0.05, 0) is 25.3 Å². The second kappa shape index (κ2) is 8.44. The van der Waals surface area contributed by atoms with Crippen LogP contribution in [-0.4, -0.2) is 28.7 Å². The van der Waals surface area contributed by atoms with Crippen LogP contribution in [0.15, 0.2) is 24.3 Å². The standard InChI is InChI=1S/C17H23NO4/c1-3-4-5-15(19)11(2)16(20)13-8-6-12(7-9-13)10-14(18)17(21)22/h6-9,11,14H,3-5,10,18H2,1-2H3,(H,21,22). The highest BCUT2D eigenvalue weighted by Crippen LogP contribution is 2.14. The van der Waals surface area contributed by atoms with Gasteiger partial charge in [-0.2, -0.15) is 0 Å². The normalized spacial score (nSPS) is 13.4. The molecule has 5 heteroatoms. The van der Waals surface area contributed by atoms with E-state index in [2.05, 4.69) is 0 Å². The molecule has 0 saturated heterocycles. The minimum absolute atomic E-state index is 0.0381. The van der Waals surface area contributed by atoms with Crippen LogP contribution in [0.2, 0.25) is 0 Å². The average Bonchev–Trinajstić information content (AvgIpc) is 2.51. The molecule has 0 fully saturated rings. The minimum atomic E-state index is -1.06. The van der Waals surface area contributed by atoms with Gasteiger partial charge in [-0.15, -0.1) is 0 Å². The number of ketones is 2. The Bertz CT molecular complexity index is 536. The summed E-state index contributed by atoms with van der Waals surface area (Å²) in [7, 11) is 0. The number of unbranched alkanes of at least 4 members (excludes halogenated alkanes) is 1. The molecule has 0 radical (unpaired) electrons. The van der Waals surface area contributed by atoms with Gasteiger partial charge in [-0.3, -0.25) is 14.4 Å². The molecule has 0 amide bonds. The van der Waals surface area contributed by atoms with Gasteiger partial charge < -0.3 is 10.8 Å². The lowest BCUT2D eigenvalue weighted by Crippen LogP contribution is -2.32. The number of Topliss-reactive ketones (excluding diaryl/α,β-unsaturated/α-hetero) is 2. The topological polar surface area (TPSA) is 97.5 Å². The quantitative estimate of drug-likeness (QED) is 0.538. The Morgan fingerprint density at radius 2 is 1.77 bits per heavy atom. The van der Waals surface area contributed by atoms with Crippen molar-refractivity contribution in [2.75, 3.05) is 0 Å². The largest absolute Gasteiger partial charge is 0.480 e. The van der Waals surface area contributed by atoms with Gasteiger partial charge in [0.15, 0.2) is 5.78 Å². The van der Waals surface area contributed by atoms with E-state index in [4.69, 9.17) is 10.8 Å². The Hall–Kier alpha value is -2.01. The summed E-state index contributed by atoms with van der Waals surface area (Å²) in [6, 6.07) is 5.64. The van der Waals surface area contributed by atoms with Crippen LogP contribution in [0.3, 0.4) is 0 Å². The van der Waals surface area contributed by atoms with E-state index in [0.29, 0.717) is 12.0 Å². The van der Waals surface area contributed by atoms with Gasteiger partial charge in [-0.25, -0.2) is 0 Å². The van der Waals surface area contributed by atoms with Crippen molar-refractivity contribution in [3.8, 4) is 0 Å². The summed E-state index contributed by atoms with van der Waals surface area (Å²) >= 11 is 0. The average molecular weight is 305 g/mol. The molecule has 0 aliphatic carbocycles. The molecule has 1 aromatic rings. The van der Waals surface area contributed by atoms with Gasteiger partial charge in [0.25, 0.3) is 0 Å². The maximum Gasteiger partial charge on any atom is 0.320 e. The van der Waals surface area contributed by atoms with Crippen LogP contribution in [0.1, 0.15) is 49.0 Å². The number of nitrogens with two attached hydrogens (primary N) is 1. The zero-order chi connectivity index (χ0) is 16.7. The predicted molar refractivity (Wildman–Crippen MR) is 83.8 cm³/mol. The number of hydrogen-bond donors (Lipinski definition) is 2. The molecule has 1 aromatic carbocycles. The number of carbonyl (C=O) groups excluding carboxylic acids is 2. The number of benzene rings is 1. The summed E-state index contributed by atoms with van der Waals surface area (Å²) in [5.74, 6) is -1.94. The lowest BCUT2D eigenvalue weighted by molar-refractivity contribution is -0.138. The van der Waals surface area contributed by atoms with Gasteiger partial charge in [0.2, 0.25) is 0 Å². The van der Waals surface area contributed by atoms with Crippen molar-refractivity contribution in [2.45, 2.75) is 45.6 Å². The third kappa shape index (κ3) is 5.07. The van der Waals surface area contributed by atoms with Crippen molar-refractivity contribution in [1.29, 1.82) is 0 Å². The molecule has 0 spiro atoms. The van der Waals surface area contributed by atoms with Crippen molar-refractivity contribution in [3.63, 3.8) is 0 Å². The lowest BCUT2D eigenvalue weighted by atomic mass is 9.92. The number of carboxylic acid groups (broad SMARTS) is 1. The third-order valence-electron chi connectivity index (χ3n) is 3.66. The van der Waals surface area contributed by atoms with E-state index in [-0.39, 0.29) is 18.0 Å². The number of hydrogen-bond acceptors (Lipinski definition) is 4. The molecule has 0 heterocycles. The maximum atomic E-state index is 12.3. The van der Waals surface area contributed by atoms with E-state index in [1.165, 1.54) is 0 Å². The van der Waals surface area contributed by atoms with Crippen LogP contribution >= 0.6 is 0 Å². The Kier molecular flexibility index (Phi) is 6.92. The molecule has 3 N–H and O–H groups in total.